The van der Waals surface area contributed by atoms with Gasteiger partial charge in [0.15, 0.2) is 5.82 Å². The van der Waals surface area contributed by atoms with Gasteiger partial charge in [0.2, 0.25) is 0 Å². The van der Waals surface area contributed by atoms with E-state index in [1.165, 1.54) is 11.3 Å². The van der Waals surface area contributed by atoms with Gasteiger partial charge in [-0.2, -0.15) is 0 Å². The molecule has 0 spiro atoms. The molecular formula is C14H12ClN3OS. The number of rotatable bonds is 3. The molecule has 2 heterocycles. The molecule has 0 radical (unpaired) electrons. The topological polar surface area (TPSA) is 61.0 Å². The molecule has 2 aromatic heterocycles. The minimum atomic E-state index is 0.278. The minimum absolute atomic E-state index is 0.278. The molecule has 3 aromatic rings. The molecule has 6 heteroatoms. The molecule has 2 N–H and O–H groups in total. The van der Waals surface area contributed by atoms with Crippen LogP contribution >= 0.6 is 22.9 Å². The highest BCUT2D eigenvalue weighted by Crippen LogP contribution is 2.25. The molecule has 20 heavy (non-hydrogen) atoms. The molecule has 0 unspecified atom stereocenters. The van der Waals surface area contributed by atoms with E-state index >= 15 is 0 Å². The Balaban J connectivity index is 1.82. The van der Waals surface area contributed by atoms with E-state index in [0.717, 1.165) is 21.5 Å². The van der Waals surface area contributed by atoms with Crippen LogP contribution in [0.5, 0.6) is 5.75 Å². The SMILES string of the molecule is Cc1cc(Cl)ccc1OCc1nc(N)c2ccsc2n1. The molecule has 0 saturated carbocycles. The number of hydrogen-bond donors (Lipinski definition) is 1. The van der Waals surface area contributed by atoms with Gasteiger partial charge < -0.3 is 10.5 Å². The summed E-state index contributed by atoms with van der Waals surface area (Å²) in [6.45, 7) is 2.22. The number of nitrogen functional groups attached to an aromatic ring is 1. The number of halogens is 1. The van der Waals surface area contributed by atoms with Crippen LogP contribution in [0.4, 0.5) is 5.82 Å². The van der Waals surface area contributed by atoms with E-state index < -0.39 is 0 Å². The van der Waals surface area contributed by atoms with Crippen LogP contribution in [-0.4, -0.2) is 9.97 Å². The lowest BCUT2D eigenvalue weighted by molar-refractivity contribution is 0.294. The van der Waals surface area contributed by atoms with Gasteiger partial charge in [0, 0.05) is 5.02 Å². The van der Waals surface area contributed by atoms with Crippen LogP contribution in [0.2, 0.25) is 5.02 Å². The Morgan fingerprint density at radius 2 is 2.15 bits per heavy atom. The number of thiophene rings is 1. The van der Waals surface area contributed by atoms with Crippen LogP contribution in [-0.2, 0) is 6.61 Å². The zero-order chi connectivity index (χ0) is 14.1. The molecule has 3 rings (SSSR count). The Morgan fingerprint density at radius 3 is 2.95 bits per heavy atom. The van der Waals surface area contributed by atoms with E-state index in [4.69, 9.17) is 22.1 Å². The first-order valence-corrected chi connectivity index (χ1v) is 7.28. The van der Waals surface area contributed by atoms with Crippen molar-refractivity contribution in [2.45, 2.75) is 13.5 Å². The molecule has 0 aliphatic heterocycles. The maximum absolute atomic E-state index is 5.91. The zero-order valence-electron chi connectivity index (χ0n) is 10.8. The van der Waals surface area contributed by atoms with E-state index in [-0.39, 0.29) is 6.61 Å². The Kier molecular flexibility index (Phi) is 3.46. The summed E-state index contributed by atoms with van der Waals surface area (Å²) in [6.07, 6.45) is 0. The van der Waals surface area contributed by atoms with Gasteiger partial charge in [0.1, 0.15) is 23.0 Å². The first-order valence-electron chi connectivity index (χ1n) is 6.02. The summed E-state index contributed by atoms with van der Waals surface area (Å²) in [5.41, 5.74) is 6.88. The number of anilines is 1. The predicted molar refractivity (Wildman–Crippen MR) is 82.3 cm³/mol. The molecule has 0 saturated heterocycles. The van der Waals surface area contributed by atoms with Crippen LogP contribution in [0.1, 0.15) is 11.4 Å². The largest absolute Gasteiger partial charge is 0.485 e. The number of hydrogen-bond acceptors (Lipinski definition) is 5. The first-order chi connectivity index (χ1) is 9.63. The highest BCUT2D eigenvalue weighted by molar-refractivity contribution is 7.16. The average molecular weight is 306 g/mol. The van der Waals surface area contributed by atoms with Crippen LogP contribution in [0.25, 0.3) is 10.2 Å². The van der Waals surface area contributed by atoms with Crippen molar-refractivity contribution < 1.29 is 4.74 Å². The molecule has 1 aromatic carbocycles. The summed E-state index contributed by atoms with van der Waals surface area (Å²) in [5, 5.41) is 3.53. The average Bonchev–Trinajstić information content (AvgIpc) is 2.86. The summed E-state index contributed by atoms with van der Waals surface area (Å²) >= 11 is 7.45. The van der Waals surface area contributed by atoms with Gasteiger partial charge >= 0.3 is 0 Å². The highest BCUT2D eigenvalue weighted by atomic mass is 35.5. The van der Waals surface area contributed by atoms with Crippen LogP contribution in [0.3, 0.4) is 0 Å². The van der Waals surface area contributed by atoms with Crippen molar-refractivity contribution in [3.8, 4) is 5.75 Å². The van der Waals surface area contributed by atoms with Gasteiger partial charge in [0.25, 0.3) is 0 Å². The van der Waals surface area contributed by atoms with Crippen molar-refractivity contribution in [2.75, 3.05) is 5.73 Å². The second kappa shape index (κ2) is 5.26. The van der Waals surface area contributed by atoms with Crippen molar-refractivity contribution >= 4 is 39.0 Å². The van der Waals surface area contributed by atoms with Gasteiger partial charge in [0.05, 0.1) is 5.39 Å². The second-order valence-corrected chi connectivity index (χ2v) is 5.69. The van der Waals surface area contributed by atoms with E-state index in [2.05, 4.69) is 9.97 Å². The normalized spacial score (nSPS) is 10.9. The third kappa shape index (κ3) is 2.55. The third-order valence-electron chi connectivity index (χ3n) is 2.89. The molecule has 0 fully saturated rings. The fourth-order valence-electron chi connectivity index (χ4n) is 1.91. The van der Waals surface area contributed by atoms with E-state index in [0.29, 0.717) is 16.7 Å². The van der Waals surface area contributed by atoms with Crippen molar-refractivity contribution in [3.05, 3.63) is 46.1 Å². The quantitative estimate of drug-likeness (QED) is 0.799. The zero-order valence-corrected chi connectivity index (χ0v) is 12.3. The second-order valence-electron chi connectivity index (χ2n) is 4.36. The number of aromatic nitrogens is 2. The van der Waals surface area contributed by atoms with Gasteiger partial charge in [-0.25, -0.2) is 9.97 Å². The van der Waals surface area contributed by atoms with Crippen molar-refractivity contribution in [3.63, 3.8) is 0 Å². The Morgan fingerprint density at radius 1 is 1.30 bits per heavy atom. The molecule has 0 aliphatic rings. The van der Waals surface area contributed by atoms with Gasteiger partial charge in [-0.3, -0.25) is 0 Å². The predicted octanol–water partition coefficient (Wildman–Crippen LogP) is 3.81. The number of fused-ring (bicyclic) bond motifs is 1. The van der Waals surface area contributed by atoms with Crippen LogP contribution < -0.4 is 10.5 Å². The Bertz CT molecular complexity index is 772. The summed E-state index contributed by atoms with van der Waals surface area (Å²) < 4.78 is 5.72. The number of aryl methyl sites for hydroxylation is 1. The summed E-state index contributed by atoms with van der Waals surface area (Å²) in [4.78, 5) is 9.57. The van der Waals surface area contributed by atoms with Gasteiger partial charge in [-0.15, -0.1) is 11.3 Å². The van der Waals surface area contributed by atoms with Gasteiger partial charge in [-0.05, 0) is 42.1 Å². The maximum Gasteiger partial charge on any atom is 0.169 e. The molecule has 0 bridgehead atoms. The van der Waals surface area contributed by atoms with E-state index in [9.17, 15) is 0 Å². The number of nitrogens with two attached hydrogens (primary N) is 1. The van der Waals surface area contributed by atoms with E-state index in [1.54, 1.807) is 6.07 Å². The van der Waals surface area contributed by atoms with E-state index in [1.807, 2.05) is 30.5 Å². The Labute approximate surface area is 125 Å². The maximum atomic E-state index is 5.91. The fraction of sp³-hybridized carbons (Fsp3) is 0.143. The van der Waals surface area contributed by atoms with Gasteiger partial charge in [-0.1, -0.05) is 11.6 Å². The third-order valence-corrected chi connectivity index (χ3v) is 3.94. The molecule has 4 nitrogen and oxygen atoms in total. The number of ether oxygens (including phenoxy) is 1. The standard InChI is InChI=1S/C14H12ClN3OS/c1-8-6-9(15)2-3-11(8)19-7-12-17-13(16)10-4-5-20-14(10)18-12/h2-6H,7H2,1H3,(H2,16,17,18). The van der Waals surface area contributed by atoms with Crippen molar-refractivity contribution in [1.82, 2.24) is 9.97 Å². The molecule has 0 aliphatic carbocycles. The minimum Gasteiger partial charge on any atom is -0.485 e. The smallest absolute Gasteiger partial charge is 0.169 e. The van der Waals surface area contributed by atoms with Crippen molar-refractivity contribution in [1.29, 1.82) is 0 Å². The lowest BCUT2D eigenvalue weighted by atomic mass is 10.2. The molecule has 0 atom stereocenters. The number of benzene rings is 1. The lowest BCUT2D eigenvalue weighted by Crippen LogP contribution is -2.04. The monoisotopic (exact) mass is 305 g/mol. The van der Waals surface area contributed by atoms with Crippen LogP contribution in [0.15, 0.2) is 29.6 Å². The molecule has 0 amide bonds. The number of nitrogens with zero attached hydrogens (tertiary/aromatic N) is 2. The Hall–Kier alpha value is -1.85. The summed E-state index contributed by atoms with van der Waals surface area (Å²) in [7, 11) is 0. The van der Waals surface area contributed by atoms with Crippen molar-refractivity contribution in [2.24, 2.45) is 0 Å². The first kappa shape index (κ1) is 13.1. The molecule has 102 valence electrons. The van der Waals surface area contributed by atoms with Crippen LogP contribution in [0, 0.1) is 6.92 Å². The molecular weight excluding hydrogens is 294 g/mol. The summed E-state index contributed by atoms with van der Waals surface area (Å²) in [6, 6.07) is 7.41. The summed E-state index contributed by atoms with van der Waals surface area (Å²) in [5.74, 6) is 1.83. The highest BCUT2D eigenvalue weighted by Gasteiger charge is 2.08. The fourth-order valence-corrected chi connectivity index (χ4v) is 2.92. The lowest BCUT2D eigenvalue weighted by Gasteiger charge is -2.09.